The Bertz CT molecular complexity index is 1180. The van der Waals surface area contributed by atoms with Gasteiger partial charge < -0.3 is 4.90 Å². The molecule has 1 fully saturated rings. The van der Waals surface area contributed by atoms with Gasteiger partial charge in [0.15, 0.2) is 5.16 Å². The van der Waals surface area contributed by atoms with Crippen LogP contribution in [0.5, 0.6) is 0 Å². The molecule has 0 radical (unpaired) electrons. The summed E-state index contributed by atoms with van der Waals surface area (Å²) in [5, 5.41) is 0.705. The minimum absolute atomic E-state index is 0.0590. The van der Waals surface area contributed by atoms with E-state index in [1.807, 2.05) is 0 Å². The molecule has 30 heavy (non-hydrogen) atoms. The summed E-state index contributed by atoms with van der Waals surface area (Å²) in [4.78, 5) is 32.0. The molecule has 1 aliphatic heterocycles. The van der Waals surface area contributed by atoms with Crippen LogP contribution < -0.4 is 5.56 Å². The van der Waals surface area contributed by atoms with E-state index >= 15 is 0 Å². The molecule has 0 unspecified atom stereocenters. The first-order chi connectivity index (χ1) is 14.4. The lowest BCUT2D eigenvalue weighted by Gasteiger charge is -2.26. The largest absolute Gasteiger partial charge is 0.342 e. The predicted octanol–water partition coefficient (Wildman–Crippen LogP) is 4.42. The van der Waals surface area contributed by atoms with Crippen LogP contribution in [0.1, 0.15) is 19.3 Å². The number of amides is 1. The highest BCUT2D eigenvalue weighted by Gasteiger charge is 2.21. The van der Waals surface area contributed by atoms with Crippen molar-refractivity contribution in [3.8, 4) is 5.69 Å². The van der Waals surface area contributed by atoms with E-state index in [4.69, 9.17) is 11.6 Å². The molecule has 1 saturated heterocycles. The molecule has 2 aromatic carbocycles. The molecule has 2 heterocycles. The number of carbonyl (C=O) groups is 1. The lowest BCUT2D eigenvalue weighted by atomic mass is 10.1. The Morgan fingerprint density at radius 1 is 1.10 bits per heavy atom. The van der Waals surface area contributed by atoms with Gasteiger partial charge in [0.05, 0.1) is 22.3 Å². The molecule has 156 valence electrons. The fraction of sp³-hybridized carbons (Fsp3) is 0.286. The number of halogens is 3. The molecule has 3 aromatic rings. The van der Waals surface area contributed by atoms with Crippen LogP contribution in [0.2, 0.25) is 5.02 Å². The number of aromatic nitrogens is 2. The lowest BCUT2D eigenvalue weighted by molar-refractivity contribution is -0.129. The smallest absolute Gasteiger partial charge is 0.266 e. The van der Waals surface area contributed by atoms with Gasteiger partial charge in [-0.3, -0.25) is 14.2 Å². The van der Waals surface area contributed by atoms with Crippen LogP contribution in [0.3, 0.4) is 0 Å². The molecule has 0 spiro atoms. The summed E-state index contributed by atoms with van der Waals surface area (Å²) in [6.45, 7) is 1.42. The fourth-order valence-electron chi connectivity index (χ4n) is 3.47. The van der Waals surface area contributed by atoms with Crippen LogP contribution in [0.25, 0.3) is 16.6 Å². The number of benzene rings is 2. The molecule has 0 aliphatic carbocycles. The summed E-state index contributed by atoms with van der Waals surface area (Å²) in [5.74, 6) is -1.65. The van der Waals surface area contributed by atoms with Crippen molar-refractivity contribution in [2.45, 2.75) is 24.4 Å². The second kappa shape index (κ2) is 8.73. The van der Waals surface area contributed by atoms with Crippen molar-refractivity contribution < 1.29 is 13.6 Å². The lowest BCUT2D eigenvalue weighted by Crippen LogP contribution is -2.37. The fourth-order valence-corrected chi connectivity index (χ4v) is 4.55. The van der Waals surface area contributed by atoms with Gasteiger partial charge in [0.2, 0.25) is 5.91 Å². The minimum Gasteiger partial charge on any atom is -0.342 e. The molecule has 9 heteroatoms. The number of piperidine rings is 1. The first-order valence-corrected chi connectivity index (χ1v) is 10.9. The Morgan fingerprint density at radius 3 is 2.60 bits per heavy atom. The van der Waals surface area contributed by atoms with Gasteiger partial charge in [-0.05, 0) is 49.6 Å². The van der Waals surface area contributed by atoms with Gasteiger partial charge in [0, 0.05) is 24.2 Å². The first-order valence-electron chi connectivity index (χ1n) is 9.52. The summed E-state index contributed by atoms with van der Waals surface area (Å²) >= 11 is 7.07. The number of hydrogen-bond acceptors (Lipinski definition) is 4. The second-order valence-corrected chi connectivity index (χ2v) is 8.40. The monoisotopic (exact) mass is 449 g/mol. The highest BCUT2D eigenvalue weighted by Crippen LogP contribution is 2.25. The number of nitrogens with zero attached hydrogens (tertiary/aromatic N) is 3. The van der Waals surface area contributed by atoms with Crippen molar-refractivity contribution in [2.75, 3.05) is 18.8 Å². The zero-order chi connectivity index (χ0) is 21.3. The molecule has 4 rings (SSSR count). The summed E-state index contributed by atoms with van der Waals surface area (Å²) in [7, 11) is 0. The summed E-state index contributed by atoms with van der Waals surface area (Å²) < 4.78 is 29.0. The van der Waals surface area contributed by atoms with Crippen LogP contribution in [0.4, 0.5) is 8.78 Å². The Balaban J connectivity index is 1.77. The highest BCUT2D eigenvalue weighted by atomic mass is 35.5. The first kappa shape index (κ1) is 20.8. The third-order valence-electron chi connectivity index (χ3n) is 4.98. The molecular formula is C21H18ClF2N3O2S. The van der Waals surface area contributed by atoms with Crippen LogP contribution in [0.15, 0.2) is 46.3 Å². The number of thioether (sulfide) groups is 1. The van der Waals surface area contributed by atoms with E-state index in [1.165, 1.54) is 12.1 Å². The van der Waals surface area contributed by atoms with Crippen LogP contribution in [0, 0.1) is 11.6 Å². The third kappa shape index (κ3) is 4.20. The number of carbonyl (C=O) groups excluding carboxylic acids is 1. The molecule has 1 aliphatic rings. The van der Waals surface area contributed by atoms with Crippen molar-refractivity contribution in [1.29, 1.82) is 0 Å². The third-order valence-corrected chi connectivity index (χ3v) is 6.14. The van der Waals surface area contributed by atoms with Gasteiger partial charge in [0.1, 0.15) is 11.6 Å². The van der Waals surface area contributed by atoms with Crippen molar-refractivity contribution in [2.24, 2.45) is 0 Å². The van der Waals surface area contributed by atoms with Crippen LogP contribution in [-0.4, -0.2) is 39.2 Å². The van der Waals surface area contributed by atoms with Crippen LogP contribution >= 0.6 is 23.4 Å². The summed E-state index contributed by atoms with van der Waals surface area (Å²) in [6.07, 6.45) is 3.04. The molecule has 0 N–H and O–H groups in total. The Hall–Kier alpha value is -2.45. The Labute approximate surface area is 180 Å². The van der Waals surface area contributed by atoms with E-state index in [2.05, 4.69) is 4.98 Å². The molecular weight excluding hydrogens is 432 g/mol. The Kier molecular flexibility index (Phi) is 6.06. The van der Waals surface area contributed by atoms with Gasteiger partial charge in [-0.1, -0.05) is 23.4 Å². The maximum atomic E-state index is 14.5. The van der Waals surface area contributed by atoms with Crippen molar-refractivity contribution in [3.05, 3.63) is 63.4 Å². The van der Waals surface area contributed by atoms with E-state index in [1.54, 1.807) is 17.0 Å². The van der Waals surface area contributed by atoms with Gasteiger partial charge in [0.25, 0.3) is 5.56 Å². The predicted molar refractivity (Wildman–Crippen MR) is 113 cm³/mol. The molecule has 5 nitrogen and oxygen atoms in total. The Morgan fingerprint density at radius 2 is 1.87 bits per heavy atom. The SMILES string of the molecule is O=C(CSc1nc2ccc(Cl)cc2c(=O)n1-c1ccc(F)cc1F)N1CCCCC1. The quantitative estimate of drug-likeness (QED) is 0.437. The van der Waals surface area contributed by atoms with Gasteiger partial charge in [-0.2, -0.15) is 0 Å². The number of rotatable bonds is 4. The zero-order valence-corrected chi connectivity index (χ0v) is 17.5. The normalized spacial score (nSPS) is 14.3. The van der Waals surface area contributed by atoms with Crippen molar-refractivity contribution in [3.63, 3.8) is 0 Å². The number of hydrogen-bond donors (Lipinski definition) is 0. The molecule has 0 saturated carbocycles. The second-order valence-electron chi connectivity index (χ2n) is 7.02. The summed E-state index contributed by atoms with van der Waals surface area (Å²) in [5.41, 5.74) is -0.291. The summed E-state index contributed by atoms with van der Waals surface area (Å²) in [6, 6.07) is 7.61. The average molecular weight is 450 g/mol. The van der Waals surface area contributed by atoms with E-state index in [0.29, 0.717) is 29.7 Å². The van der Waals surface area contributed by atoms with Gasteiger partial charge in [-0.25, -0.2) is 13.8 Å². The maximum absolute atomic E-state index is 14.5. The van der Waals surface area contributed by atoms with E-state index < -0.39 is 17.2 Å². The standard InChI is InChI=1S/C21H18ClF2N3O2S/c22-13-4-6-17-15(10-13)20(29)27(18-7-5-14(23)11-16(18)24)21(25-17)30-12-19(28)26-8-2-1-3-9-26/h4-7,10-11H,1-3,8-9,12H2. The highest BCUT2D eigenvalue weighted by molar-refractivity contribution is 7.99. The van der Waals surface area contributed by atoms with E-state index in [-0.39, 0.29) is 27.9 Å². The van der Waals surface area contributed by atoms with E-state index in [0.717, 1.165) is 41.7 Å². The average Bonchev–Trinajstić information content (AvgIpc) is 2.74. The minimum atomic E-state index is -0.899. The molecule has 1 amide bonds. The molecule has 0 bridgehead atoms. The molecule has 1 aromatic heterocycles. The van der Waals surface area contributed by atoms with Crippen molar-refractivity contribution >= 4 is 40.2 Å². The van der Waals surface area contributed by atoms with Crippen molar-refractivity contribution in [1.82, 2.24) is 14.5 Å². The van der Waals surface area contributed by atoms with Gasteiger partial charge in [-0.15, -0.1) is 0 Å². The van der Waals surface area contributed by atoms with Crippen LogP contribution in [-0.2, 0) is 4.79 Å². The topological polar surface area (TPSA) is 55.2 Å². The number of likely N-dealkylation sites (tertiary alicyclic amines) is 1. The van der Waals surface area contributed by atoms with Gasteiger partial charge >= 0.3 is 0 Å². The zero-order valence-electron chi connectivity index (χ0n) is 15.9. The number of fused-ring (bicyclic) bond motifs is 1. The molecule has 0 atom stereocenters. The maximum Gasteiger partial charge on any atom is 0.266 e. The van der Waals surface area contributed by atoms with E-state index in [9.17, 15) is 18.4 Å².